The van der Waals surface area contributed by atoms with Crippen molar-refractivity contribution in [3.63, 3.8) is 0 Å². The molecule has 20 heavy (non-hydrogen) atoms. The Bertz CT molecular complexity index is 648. The Morgan fingerprint density at radius 2 is 2.05 bits per heavy atom. The standard InChI is InChI=1S/C13H12N2O4S/c1-10-5-6-11(8-12(10)15(17)18)9-20(19)13-4-2-3-7-14(13)16/h2-8H,9H2,1H3. The van der Waals surface area contributed by atoms with Crippen molar-refractivity contribution in [2.45, 2.75) is 17.7 Å². The molecule has 0 aliphatic carbocycles. The van der Waals surface area contributed by atoms with Crippen molar-refractivity contribution >= 4 is 16.9 Å². The summed E-state index contributed by atoms with van der Waals surface area (Å²) >= 11 is -1.55. The highest BCUT2D eigenvalue weighted by Gasteiger charge is 2.22. The molecule has 0 fully saturated rings. The second-order valence-electron chi connectivity index (χ2n) is 4.23. The predicted octanol–water partition coefficient (Wildman–Crippen LogP) is 1.84. The van der Waals surface area contributed by atoms with Crippen LogP contribution < -0.4 is 4.73 Å². The first kappa shape index (κ1) is 14.3. The van der Waals surface area contributed by atoms with Crippen LogP contribution >= 0.6 is 0 Å². The van der Waals surface area contributed by atoms with Gasteiger partial charge >= 0.3 is 5.03 Å². The minimum Gasteiger partial charge on any atom is -0.615 e. The van der Waals surface area contributed by atoms with Crippen molar-refractivity contribution in [1.29, 1.82) is 0 Å². The fourth-order valence-electron chi connectivity index (χ4n) is 1.76. The van der Waals surface area contributed by atoms with Crippen molar-refractivity contribution in [1.82, 2.24) is 0 Å². The number of pyridine rings is 1. The van der Waals surface area contributed by atoms with E-state index in [1.807, 2.05) is 0 Å². The summed E-state index contributed by atoms with van der Waals surface area (Å²) in [5, 5.41) is 22.5. The highest BCUT2D eigenvalue weighted by atomic mass is 32.2. The maximum atomic E-state index is 12.1. The van der Waals surface area contributed by atoms with Gasteiger partial charge in [-0.1, -0.05) is 12.1 Å². The van der Waals surface area contributed by atoms with Gasteiger partial charge in [-0.25, -0.2) is 0 Å². The third-order valence-corrected chi connectivity index (χ3v) is 4.17. The molecular formula is C13H12N2O4S. The van der Waals surface area contributed by atoms with Crippen LogP contribution in [0.5, 0.6) is 0 Å². The maximum absolute atomic E-state index is 12.1. The molecule has 7 heteroatoms. The Balaban J connectivity index is 2.24. The van der Waals surface area contributed by atoms with E-state index in [9.17, 15) is 19.9 Å². The van der Waals surface area contributed by atoms with Gasteiger partial charge < -0.3 is 9.76 Å². The summed E-state index contributed by atoms with van der Waals surface area (Å²) in [6.07, 6.45) is 1.27. The number of nitro benzene ring substituents is 1. The molecule has 0 spiro atoms. The average molecular weight is 292 g/mol. The maximum Gasteiger partial charge on any atom is 0.393 e. The first-order valence-corrected chi connectivity index (χ1v) is 7.11. The molecule has 1 unspecified atom stereocenters. The normalized spacial score (nSPS) is 12.1. The van der Waals surface area contributed by atoms with E-state index in [0.29, 0.717) is 15.9 Å². The van der Waals surface area contributed by atoms with Gasteiger partial charge in [0.05, 0.1) is 22.2 Å². The monoisotopic (exact) mass is 292 g/mol. The van der Waals surface area contributed by atoms with Gasteiger partial charge in [-0.3, -0.25) is 10.1 Å². The highest BCUT2D eigenvalue weighted by molar-refractivity contribution is 7.90. The quantitative estimate of drug-likeness (QED) is 0.282. The highest BCUT2D eigenvalue weighted by Crippen LogP contribution is 2.22. The molecule has 0 aliphatic heterocycles. The van der Waals surface area contributed by atoms with Gasteiger partial charge in [-0.15, -0.1) is 4.73 Å². The van der Waals surface area contributed by atoms with Gasteiger partial charge in [0.25, 0.3) is 5.69 Å². The molecule has 0 saturated heterocycles. The van der Waals surface area contributed by atoms with Gasteiger partial charge in [-0.2, -0.15) is 0 Å². The fraction of sp³-hybridized carbons (Fsp3) is 0.154. The lowest BCUT2D eigenvalue weighted by Gasteiger charge is -2.09. The summed E-state index contributed by atoms with van der Waals surface area (Å²) in [6.45, 7) is 1.64. The number of nitrogens with zero attached hydrogens (tertiary/aromatic N) is 2. The molecule has 104 valence electrons. The van der Waals surface area contributed by atoms with Crippen LogP contribution in [-0.2, 0) is 16.9 Å². The predicted molar refractivity (Wildman–Crippen MR) is 73.3 cm³/mol. The summed E-state index contributed by atoms with van der Waals surface area (Å²) in [5.41, 5.74) is 1.09. The van der Waals surface area contributed by atoms with Crippen LogP contribution in [0.25, 0.3) is 0 Å². The van der Waals surface area contributed by atoms with Crippen LogP contribution in [-0.4, -0.2) is 9.48 Å². The van der Waals surface area contributed by atoms with Crippen molar-refractivity contribution in [3.8, 4) is 0 Å². The molecule has 0 saturated carbocycles. The topological polar surface area (TPSA) is 93.1 Å². The Labute approximate surface area is 118 Å². The molecule has 6 nitrogen and oxygen atoms in total. The van der Waals surface area contributed by atoms with Gasteiger partial charge in [0, 0.05) is 23.3 Å². The number of aryl methyl sites for hydroxylation is 1. The van der Waals surface area contributed by atoms with Gasteiger partial charge in [-0.05, 0) is 13.0 Å². The van der Waals surface area contributed by atoms with Crippen LogP contribution in [0.3, 0.4) is 0 Å². The van der Waals surface area contributed by atoms with Gasteiger partial charge in [0.1, 0.15) is 5.75 Å². The Morgan fingerprint density at radius 1 is 1.30 bits per heavy atom. The largest absolute Gasteiger partial charge is 0.615 e. The van der Waals surface area contributed by atoms with E-state index in [0.717, 1.165) is 0 Å². The lowest BCUT2D eigenvalue weighted by Crippen LogP contribution is -2.33. The summed E-state index contributed by atoms with van der Waals surface area (Å²) in [6, 6.07) is 9.33. The molecule has 0 amide bonds. The minimum atomic E-state index is -1.55. The summed E-state index contributed by atoms with van der Waals surface area (Å²) < 4.78 is 12.7. The Kier molecular flexibility index (Phi) is 4.21. The minimum absolute atomic E-state index is 0.0115. The first-order valence-electron chi connectivity index (χ1n) is 5.79. The zero-order valence-electron chi connectivity index (χ0n) is 10.7. The van der Waals surface area contributed by atoms with Crippen LogP contribution in [0.2, 0.25) is 0 Å². The Morgan fingerprint density at radius 3 is 2.70 bits per heavy atom. The van der Waals surface area contributed by atoms with Crippen LogP contribution in [0, 0.1) is 22.2 Å². The van der Waals surface area contributed by atoms with E-state index in [1.54, 1.807) is 31.2 Å². The fourth-order valence-corrected chi connectivity index (χ4v) is 2.88. The summed E-state index contributed by atoms with van der Waals surface area (Å²) in [7, 11) is 0. The molecule has 1 atom stereocenters. The van der Waals surface area contributed by atoms with Crippen molar-refractivity contribution in [2.24, 2.45) is 0 Å². The number of hydrogen-bond acceptors (Lipinski definition) is 4. The summed E-state index contributed by atoms with van der Waals surface area (Å²) in [4.78, 5) is 10.4. The van der Waals surface area contributed by atoms with E-state index in [4.69, 9.17) is 0 Å². The van der Waals surface area contributed by atoms with E-state index in [2.05, 4.69) is 0 Å². The smallest absolute Gasteiger partial charge is 0.393 e. The molecule has 1 heterocycles. The number of rotatable bonds is 4. The number of benzene rings is 1. The molecule has 2 aromatic rings. The van der Waals surface area contributed by atoms with E-state index in [1.165, 1.54) is 18.3 Å². The zero-order chi connectivity index (χ0) is 14.7. The average Bonchev–Trinajstić information content (AvgIpc) is 2.41. The Hall–Kier alpha value is -2.12. The molecule has 0 N–H and O–H groups in total. The number of nitro groups is 1. The molecular weight excluding hydrogens is 280 g/mol. The zero-order valence-corrected chi connectivity index (χ0v) is 11.5. The number of aromatic nitrogens is 1. The second kappa shape index (κ2) is 5.89. The molecule has 0 aliphatic rings. The van der Waals surface area contributed by atoms with Crippen molar-refractivity contribution in [2.75, 3.05) is 0 Å². The molecule has 1 aromatic carbocycles. The third-order valence-electron chi connectivity index (χ3n) is 2.79. The van der Waals surface area contributed by atoms with Crippen LogP contribution in [0.1, 0.15) is 11.1 Å². The van der Waals surface area contributed by atoms with Crippen LogP contribution in [0.4, 0.5) is 5.69 Å². The molecule has 0 radical (unpaired) electrons. The third kappa shape index (κ3) is 3.06. The van der Waals surface area contributed by atoms with E-state index < -0.39 is 16.1 Å². The number of hydrogen-bond donors (Lipinski definition) is 0. The lowest BCUT2D eigenvalue weighted by atomic mass is 10.1. The SMILES string of the molecule is Cc1ccc(C[S+]([O-])c2cccc[n+]2[O-])cc1[N+](=O)[O-]. The second-order valence-corrected chi connectivity index (χ2v) is 5.63. The van der Waals surface area contributed by atoms with Crippen molar-refractivity contribution in [3.05, 3.63) is 69.0 Å². The first-order chi connectivity index (χ1) is 9.49. The van der Waals surface area contributed by atoms with E-state index >= 15 is 0 Å². The lowest BCUT2D eigenvalue weighted by molar-refractivity contribution is -0.646. The summed E-state index contributed by atoms with van der Waals surface area (Å²) in [5.74, 6) is 0.0629. The molecule has 0 bridgehead atoms. The van der Waals surface area contributed by atoms with Gasteiger partial charge in [0.2, 0.25) is 0 Å². The molecule has 2 rings (SSSR count). The molecule has 1 aromatic heterocycles. The van der Waals surface area contributed by atoms with Crippen molar-refractivity contribution < 1.29 is 14.2 Å². The van der Waals surface area contributed by atoms with Crippen LogP contribution in [0.15, 0.2) is 47.6 Å². The van der Waals surface area contributed by atoms with Gasteiger partial charge in [0.15, 0.2) is 6.20 Å². The van der Waals surface area contributed by atoms with E-state index in [-0.39, 0.29) is 16.5 Å².